The maximum Gasteiger partial charge on any atom is 0.410 e. The van der Waals surface area contributed by atoms with Crippen LogP contribution in [-0.4, -0.2) is 30.1 Å². The van der Waals surface area contributed by atoms with Gasteiger partial charge < -0.3 is 15.4 Å². The van der Waals surface area contributed by atoms with Crippen molar-refractivity contribution in [1.82, 2.24) is 4.90 Å². The Morgan fingerprint density at radius 2 is 2.11 bits per heavy atom. The Balaban J connectivity index is 1.83. The number of nitrogens with zero attached hydrogens (tertiary/aromatic N) is 1. The first-order valence-corrected chi connectivity index (χ1v) is 6.47. The van der Waals surface area contributed by atoms with Gasteiger partial charge in [0, 0.05) is 19.1 Å². The minimum absolute atomic E-state index is 0.0803. The van der Waals surface area contributed by atoms with Crippen LogP contribution in [0.5, 0.6) is 0 Å². The Morgan fingerprint density at radius 1 is 1.33 bits per heavy atom. The molecule has 1 aliphatic rings. The molecule has 98 valence electrons. The fraction of sp³-hybridized carbons (Fsp3) is 0.500. The molecule has 4 heteroatoms. The molecule has 2 N–H and O–H groups in total. The Bertz CT molecular complexity index is 381. The number of carbonyl (C=O) groups is 1. The molecule has 18 heavy (non-hydrogen) atoms. The van der Waals surface area contributed by atoms with E-state index in [1.54, 1.807) is 4.90 Å². The molecule has 2 rings (SSSR count). The largest absolute Gasteiger partial charge is 0.445 e. The van der Waals surface area contributed by atoms with Crippen LogP contribution < -0.4 is 5.73 Å². The van der Waals surface area contributed by atoms with Crippen molar-refractivity contribution in [1.29, 1.82) is 0 Å². The minimum Gasteiger partial charge on any atom is -0.445 e. The molecule has 1 atom stereocenters. The van der Waals surface area contributed by atoms with E-state index in [1.165, 1.54) is 0 Å². The van der Waals surface area contributed by atoms with E-state index in [4.69, 9.17) is 10.5 Å². The molecule has 0 spiro atoms. The molecule has 1 unspecified atom stereocenters. The molecule has 1 aliphatic heterocycles. The zero-order valence-corrected chi connectivity index (χ0v) is 10.5. The molecule has 1 amide bonds. The first-order valence-electron chi connectivity index (χ1n) is 6.47. The van der Waals surface area contributed by atoms with Crippen molar-refractivity contribution in [3.63, 3.8) is 0 Å². The molecular formula is C14H20N2O2. The summed E-state index contributed by atoms with van der Waals surface area (Å²) in [7, 11) is 0. The highest BCUT2D eigenvalue weighted by Crippen LogP contribution is 2.11. The molecule has 0 aliphatic carbocycles. The van der Waals surface area contributed by atoms with Crippen LogP contribution in [0.15, 0.2) is 30.3 Å². The van der Waals surface area contributed by atoms with Crippen LogP contribution in [0.1, 0.15) is 24.8 Å². The number of carbonyl (C=O) groups excluding carboxylic acids is 1. The summed E-state index contributed by atoms with van der Waals surface area (Å²) >= 11 is 0. The van der Waals surface area contributed by atoms with E-state index in [0.717, 1.165) is 31.4 Å². The van der Waals surface area contributed by atoms with Gasteiger partial charge in [0.1, 0.15) is 6.61 Å². The van der Waals surface area contributed by atoms with Crippen molar-refractivity contribution in [2.24, 2.45) is 5.73 Å². The highest BCUT2D eigenvalue weighted by atomic mass is 16.6. The third kappa shape index (κ3) is 3.74. The van der Waals surface area contributed by atoms with Gasteiger partial charge in [-0.05, 0) is 18.4 Å². The molecule has 4 nitrogen and oxygen atoms in total. The normalized spacial score (nSPS) is 20.3. The van der Waals surface area contributed by atoms with Gasteiger partial charge in [0.2, 0.25) is 0 Å². The van der Waals surface area contributed by atoms with Crippen molar-refractivity contribution in [2.75, 3.05) is 13.1 Å². The van der Waals surface area contributed by atoms with E-state index in [0.29, 0.717) is 13.2 Å². The van der Waals surface area contributed by atoms with Gasteiger partial charge in [-0.15, -0.1) is 0 Å². The average Bonchev–Trinajstić information content (AvgIpc) is 2.62. The van der Waals surface area contributed by atoms with Crippen LogP contribution in [0.2, 0.25) is 0 Å². The highest BCUT2D eigenvalue weighted by molar-refractivity contribution is 5.67. The second-order valence-corrected chi connectivity index (χ2v) is 4.74. The maximum atomic E-state index is 11.9. The molecule has 1 heterocycles. The lowest BCUT2D eigenvalue weighted by Crippen LogP contribution is -2.39. The van der Waals surface area contributed by atoms with Crippen molar-refractivity contribution in [3.05, 3.63) is 35.9 Å². The third-order valence-corrected chi connectivity index (χ3v) is 3.17. The van der Waals surface area contributed by atoms with Crippen molar-refractivity contribution >= 4 is 6.09 Å². The van der Waals surface area contributed by atoms with E-state index in [-0.39, 0.29) is 12.1 Å². The van der Waals surface area contributed by atoms with Gasteiger partial charge in [0.05, 0.1) is 0 Å². The Kier molecular flexibility index (Phi) is 4.59. The van der Waals surface area contributed by atoms with Crippen LogP contribution in [0.4, 0.5) is 4.79 Å². The summed E-state index contributed by atoms with van der Waals surface area (Å²) < 4.78 is 5.30. The number of nitrogens with two attached hydrogens (primary N) is 1. The van der Waals surface area contributed by atoms with Gasteiger partial charge >= 0.3 is 6.09 Å². The second-order valence-electron chi connectivity index (χ2n) is 4.74. The Hall–Kier alpha value is -1.55. The number of hydrogen-bond donors (Lipinski definition) is 1. The maximum absolute atomic E-state index is 11.9. The number of amides is 1. The van der Waals surface area contributed by atoms with Crippen LogP contribution in [0.3, 0.4) is 0 Å². The topological polar surface area (TPSA) is 55.6 Å². The van der Waals surface area contributed by atoms with Crippen LogP contribution >= 0.6 is 0 Å². The van der Waals surface area contributed by atoms with Crippen molar-refractivity contribution < 1.29 is 9.53 Å². The van der Waals surface area contributed by atoms with Crippen LogP contribution in [0.25, 0.3) is 0 Å². The number of hydrogen-bond acceptors (Lipinski definition) is 3. The van der Waals surface area contributed by atoms with Gasteiger partial charge in [-0.1, -0.05) is 36.8 Å². The molecule has 1 saturated heterocycles. The molecule has 0 saturated carbocycles. The monoisotopic (exact) mass is 248 g/mol. The minimum atomic E-state index is -0.254. The number of rotatable bonds is 2. The summed E-state index contributed by atoms with van der Waals surface area (Å²) in [5.41, 5.74) is 6.93. The fourth-order valence-corrected chi connectivity index (χ4v) is 2.15. The summed E-state index contributed by atoms with van der Waals surface area (Å²) in [6, 6.07) is 9.79. The molecule has 1 aromatic rings. The molecule has 0 bridgehead atoms. The fourth-order valence-electron chi connectivity index (χ4n) is 2.15. The van der Waals surface area contributed by atoms with Gasteiger partial charge in [-0.3, -0.25) is 0 Å². The standard InChI is InChI=1S/C14H20N2O2/c15-13-8-4-5-9-16(10-13)14(17)18-11-12-6-2-1-3-7-12/h1-3,6-7,13H,4-5,8-11,15H2. The number of likely N-dealkylation sites (tertiary alicyclic amines) is 1. The van der Waals surface area contributed by atoms with Crippen molar-refractivity contribution in [3.8, 4) is 0 Å². The van der Waals surface area contributed by atoms with E-state index in [9.17, 15) is 4.79 Å². The lowest BCUT2D eigenvalue weighted by molar-refractivity contribution is 0.0960. The zero-order chi connectivity index (χ0) is 12.8. The zero-order valence-electron chi connectivity index (χ0n) is 10.5. The van der Waals surface area contributed by atoms with Crippen molar-refractivity contribution in [2.45, 2.75) is 31.9 Å². The smallest absolute Gasteiger partial charge is 0.410 e. The summed E-state index contributed by atoms with van der Waals surface area (Å²) in [6.07, 6.45) is 2.83. The quantitative estimate of drug-likeness (QED) is 0.872. The molecule has 0 aromatic heterocycles. The van der Waals surface area contributed by atoms with Gasteiger partial charge in [0.25, 0.3) is 0 Å². The second kappa shape index (κ2) is 6.40. The van der Waals surface area contributed by atoms with Crippen LogP contribution in [-0.2, 0) is 11.3 Å². The molecular weight excluding hydrogens is 228 g/mol. The molecule has 1 aromatic carbocycles. The van der Waals surface area contributed by atoms with E-state index in [1.807, 2.05) is 30.3 Å². The van der Waals surface area contributed by atoms with Crippen LogP contribution in [0, 0.1) is 0 Å². The first kappa shape index (κ1) is 12.9. The lowest BCUT2D eigenvalue weighted by atomic mass is 10.2. The molecule has 1 fully saturated rings. The SMILES string of the molecule is NC1CCCCN(C(=O)OCc2ccccc2)C1. The number of benzene rings is 1. The summed E-state index contributed by atoms with van der Waals surface area (Å²) in [6.45, 7) is 1.68. The van der Waals surface area contributed by atoms with E-state index >= 15 is 0 Å². The van der Waals surface area contributed by atoms with E-state index in [2.05, 4.69) is 0 Å². The lowest BCUT2D eigenvalue weighted by Gasteiger charge is -2.21. The predicted octanol–water partition coefficient (Wildman–Crippen LogP) is 2.14. The Labute approximate surface area is 108 Å². The predicted molar refractivity (Wildman–Crippen MR) is 70.0 cm³/mol. The average molecular weight is 248 g/mol. The highest BCUT2D eigenvalue weighted by Gasteiger charge is 2.20. The van der Waals surface area contributed by atoms with Gasteiger partial charge in [-0.25, -0.2) is 4.79 Å². The van der Waals surface area contributed by atoms with Gasteiger partial charge in [0.15, 0.2) is 0 Å². The first-order chi connectivity index (χ1) is 8.75. The van der Waals surface area contributed by atoms with E-state index < -0.39 is 0 Å². The van der Waals surface area contributed by atoms with Gasteiger partial charge in [-0.2, -0.15) is 0 Å². The Morgan fingerprint density at radius 3 is 2.89 bits per heavy atom. The summed E-state index contributed by atoms with van der Waals surface area (Å²) in [5.74, 6) is 0. The third-order valence-electron chi connectivity index (χ3n) is 3.17. The summed E-state index contributed by atoms with van der Waals surface area (Å²) in [4.78, 5) is 13.6. The molecule has 0 radical (unpaired) electrons. The number of ether oxygens (including phenoxy) is 1. The summed E-state index contributed by atoms with van der Waals surface area (Å²) in [5, 5.41) is 0.